The maximum atomic E-state index is 11.8. The molecule has 0 aromatic heterocycles. The second-order valence-electron chi connectivity index (χ2n) is 6.75. The van der Waals surface area contributed by atoms with E-state index in [2.05, 4.69) is 5.32 Å². The molecule has 0 aliphatic heterocycles. The van der Waals surface area contributed by atoms with E-state index < -0.39 is 11.6 Å². The van der Waals surface area contributed by atoms with Crippen LogP contribution in [0.25, 0.3) is 0 Å². The lowest BCUT2D eigenvalue weighted by molar-refractivity contribution is 0.0698. The fourth-order valence-corrected chi connectivity index (χ4v) is 2.78. The van der Waals surface area contributed by atoms with Crippen LogP contribution in [0, 0.1) is 0 Å². The van der Waals surface area contributed by atoms with Crippen molar-refractivity contribution in [1.29, 1.82) is 0 Å². The topological polar surface area (TPSA) is 87.8 Å². The zero-order valence-corrected chi connectivity index (χ0v) is 15.2. The van der Waals surface area contributed by atoms with Gasteiger partial charge in [0.25, 0.3) is 0 Å². The van der Waals surface area contributed by atoms with Crippen LogP contribution >= 0.6 is 0 Å². The van der Waals surface area contributed by atoms with Crippen molar-refractivity contribution in [1.82, 2.24) is 10.2 Å². The first-order valence-electron chi connectivity index (χ1n) is 8.44. The van der Waals surface area contributed by atoms with Crippen molar-refractivity contribution in [3.8, 4) is 5.75 Å². The number of ether oxygens (including phenoxy) is 1. The number of carboxylic acid groups (broad SMARTS) is 1. The molecule has 0 heterocycles. The molecule has 136 valence electrons. The normalized spacial score (nSPS) is 12.7. The summed E-state index contributed by atoms with van der Waals surface area (Å²) >= 11 is 0. The summed E-state index contributed by atoms with van der Waals surface area (Å²) in [5, 5.41) is 12.9. The Kier molecular flexibility index (Phi) is 8.01. The van der Waals surface area contributed by atoms with Crippen molar-refractivity contribution < 1.29 is 14.6 Å². The van der Waals surface area contributed by atoms with Crippen molar-refractivity contribution in [2.75, 3.05) is 26.2 Å². The van der Waals surface area contributed by atoms with Gasteiger partial charge in [0.2, 0.25) is 0 Å². The Morgan fingerprint density at radius 2 is 1.96 bits per heavy atom. The summed E-state index contributed by atoms with van der Waals surface area (Å²) in [7, 11) is 0. The van der Waals surface area contributed by atoms with E-state index in [9.17, 15) is 9.90 Å². The standard InChI is InChI=1S/C18H31N3O3/c1-5-24-16-8-6-14(7-9-16)12-15(13-20-11-10-19)21(17(22)23)18(2,3)4/h6-9,15,20H,5,10-13,19H2,1-4H3,(H,22,23). The zero-order chi connectivity index (χ0) is 18.2. The fourth-order valence-electron chi connectivity index (χ4n) is 2.78. The first-order chi connectivity index (χ1) is 11.3. The van der Waals surface area contributed by atoms with E-state index in [4.69, 9.17) is 10.5 Å². The van der Waals surface area contributed by atoms with Gasteiger partial charge >= 0.3 is 6.09 Å². The second kappa shape index (κ2) is 9.49. The molecular formula is C18H31N3O3. The number of nitrogens with zero attached hydrogens (tertiary/aromatic N) is 1. The predicted octanol–water partition coefficient (Wildman–Crippen LogP) is 2.32. The molecule has 0 fully saturated rings. The third kappa shape index (κ3) is 6.37. The molecule has 1 aromatic carbocycles. The first kappa shape index (κ1) is 20.3. The second-order valence-corrected chi connectivity index (χ2v) is 6.75. The smallest absolute Gasteiger partial charge is 0.408 e. The Hall–Kier alpha value is -1.79. The van der Waals surface area contributed by atoms with Crippen LogP contribution in [0.2, 0.25) is 0 Å². The van der Waals surface area contributed by atoms with Crippen LogP contribution < -0.4 is 15.8 Å². The van der Waals surface area contributed by atoms with Crippen LogP contribution in [0.5, 0.6) is 5.75 Å². The summed E-state index contributed by atoms with van der Waals surface area (Å²) in [6, 6.07) is 7.65. The molecule has 6 nitrogen and oxygen atoms in total. The Balaban J connectivity index is 2.93. The molecule has 0 spiro atoms. The number of amides is 1. The van der Waals surface area contributed by atoms with Gasteiger partial charge in [0.15, 0.2) is 0 Å². The first-order valence-corrected chi connectivity index (χ1v) is 8.44. The van der Waals surface area contributed by atoms with Crippen LogP contribution in [-0.4, -0.2) is 53.9 Å². The van der Waals surface area contributed by atoms with Crippen LogP contribution in [-0.2, 0) is 6.42 Å². The van der Waals surface area contributed by atoms with Crippen molar-refractivity contribution in [3.63, 3.8) is 0 Å². The monoisotopic (exact) mass is 337 g/mol. The molecule has 0 aliphatic carbocycles. The lowest BCUT2D eigenvalue weighted by atomic mass is 9.98. The number of benzene rings is 1. The summed E-state index contributed by atoms with van der Waals surface area (Å²) in [5.74, 6) is 0.824. The van der Waals surface area contributed by atoms with E-state index in [0.29, 0.717) is 32.7 Å². The fraction of sp³-hybridized carbons (Fsp3) is 0.611. The summed E-state index contributed by atoms with van der Waals surface area (Å²) in [4.78, 5) is 13.3. The van der Waals surface area contributed by atoms with Gasteiger partial charge in [-0.2, -0.15) is 0 Å². The third-order valence-electron chi connectivity index (χ3n) is 3.70. The molecule has 1 unspecified atom stereocenters. The molecule has 1 atom stereocenters. The van der Waals surface area contributed by atoms with Crippen LogP contribution in [0.15, 0.2) is 24.3 Å². The van der Waals surface area contributed by atoms with Crippen molar-refractivity contribution >= 4 is 6.09 Å². The summed E-state index contributed by atoms with van der Waals surface area (Å²) < 4.78 is 5.45. The highest BCUT2D eigenvalue weighted by molar-refractivity contribution is 5.66. The molecular weight excluding hydrogens is 306 g/mol. The molecule has 6 heteroatoms. The molecule has 4 N–H and O–H groups in total. The Labute approximate surface area is 145 Å². The Morgan fingerprint density at radius 1 is 1.33 bits per heavy atom. The van der Waals surface area contributed by atoms with Gasteiger partial charge in [0.05, 0.1) is 12.6 Å². The lowest BCUT2D eigenvalue weighted by Crippen LogP contribution is -2.55. The quantitative estimate of drug-likeness (QED) is 0.602. The predicted molar refractivity (Wildman–Crippen MR) is 96.6 cm³/mol. The Bertz CT molecular complexity index is 497. The maximum Gasteiger partial charge on any atom is 0.408 e. The van der Waals surface area contributed by atoms with Crippen LogP contribution in [0.4, 0.5) is 4.79 Å². The molecule has 0 saturated carbocycles. The average Bonchev–Trinajstić information content (AvgIpc) is 2.48. The number of nitrogens with two attached hydrogens (primary N) is 1. The van der Waals surface area contributed by atoms with Crippen LogP contribution in [0.1, 0.15) is 33.3 Å². The van der Waals surface area contributed by atoms with Gasteiger partial charge in [-0.3, -0.25) is 4.90 Å². The van der Waals surface area contributed by atoms with Gasteiger partial charge in [-0.05, 0) is 51.8 Å². The van der Waals surface area contributed by atoms with E-state index in [1.165, 1.54) is 4.90 Å². The number of rotatable bonds is 9. The Morgan fingerprint density at radius 3 is 2.42 bits per heavy atom. The van der Waals surface area contributed by atoms with Gasteiger partial charge < -0.3 is 20.9 Å². The van der Waals surface area contributed by atoms with E-state index >= 15 is 0 Å². The van der Waals surface area contributed by atoms with E-state index in [-0.39, 0.29) is 6.04 Å². The van der Waals surface area contributed by atoms with E-state index in [1.54, 1.807) is 0 Å². The van der Waals surface area contributed by atoms with Gasteiger partial charge in [0, 0.05) is 25.2 Å². The largest absolute Gasteiger partial charge is 0.494 e. The molecule has 1 amide bonds. The minimum atomic E-state index is -0.909. The molecule has 0 radical (unpaired) electrons. The highest BCUT2D eigenvalue weighted by atomic mass is 16.5. The summed E-state index contributed by atoms with van der Waals surface area (Å²) in [6.07, 6.45) is -0.277. The van der Waals surface area contributed by atoms with Crippen molar-refractivity contribution in [2.24, 2.45) is 5.73 Å². The van der Waals surface area contributed by atoms with Gasteiger partial charge in [-0.25, -0.2) is 4.79 Å². The minimum absolute atomic E-state index is 0.174. The third-order valence-corrected chi connectivity index (χ3v) is 3.70. The van der Waals surface area contributed by atoms with E-state index in [1.807, 2.05) is 52.0 Å². The summed E-state index contributed by atoms with van der Waals surface area (Å²) in [5.41, 5.74) is 6.13. The summed E-state index contributed by atoms with van der Waals surface area (Å²) in [6.45, 7) is 10.1. The lowest BCUT2D eigenvalue weighted by Gasteiger charge is -2.40. The molecule has 24 heavy (non-hydrogen) atoms. The average molecular weight is 337 g/mol. The zero-order valence-electron chi connectivity index (χ0n) is 15.2. The molecule has 0 aliphatic rings. The van der Waals surface area contributed by atoms with Gasteiger partial charge in [-0.15, -0.1) is 0 Å². The number of carbonyl (C=O) groups is 1. The number of hydrogen-bond acceptors (Lipinski definition) is 4. The maximum absolute atomic E-state index is 11.8. The molecule has 1 rings (SSSR count). The van der Waals surface area contributed by atoms with Crippen LogP contribution in [0.3, 0.4) is 0 Å². The van der Waals surface area contributed by atoms with Crippen molar-refractivity contribution in [3.05, 3.63) is 29.8 Å². The number of nitrogens with one attached hydrogen (secondary N) is 1. The minimum Gasteiger partial charge on any atom is -0.494 e. The van der Waals surface area contributed by atoms with E-state index in [0.717, 1.165) is 11.3 Å². The molecule has 0 bridgehead atoms. The molecule has 1 aromatic rings. The SMILES string of the molecule is CCOc1ccc(CC(CNCCN)N(C(=O)O)C(C)(C)C)cc1. The molecule has 0 saturated heterocycles. The highest BCUT2D eigenvalue weighted by Crippen LogP contribution is 2.21. The highest BCUT2D eigenvalue weighted by Gasteiger charge is 2.33. The van der Waals surface area contributed by atoms with Gasteiger partial charge in [0.1, 0.15) is 5.75 Å². The van der Waals surface area contributed by atoms with Gasteiger partial charge in [-0.1, -0.05) is 12.1 Å². The van der Waals surface area contributed by atoms with Crippen molar-refractivity contribution in [2.45, 2.75) is 45.7 Å². The number of hydrogen-bond donors (Lipinski definition) is 3.